The van der Waals surface area contributed by atoms with Crippen LogP contribution in [-0.4, -0.2) is 41.1 Å². The Bertz CT molecular complexity index is 629. The molecule has 8 heteroatoms. The molecule has 0 saturated carbocycles. The van der Waals surface area contributed by atoms with Crippen LogP contribution in [0.1, 0.15) is 12.1 Å². The van der Waals surface area contributed by atoms with E-state index in [9.17, 15) is 13.2 Å². The van der Waals surface area contributed by atoms with Gasteiger partial charge >= 0.3 is 6.18 Å². The molecule has 1 fully saturated rings. The predicted octanol–water partition coefficient (Wildman–Crippen LogP) is 2.29. The second kappa shape index (κ2) is 5.96. The lowest BCUT2D eigenvalue weighted by atomic mass is 10.3. The third kappa shape index (κ3) is 3.22. The highest BCUT2D eigenvalue weighted by Gasteiger charge is 2.33. The van der Waals surface area contributed by atoms with E-state index in [4.69, 9.17) is 0 Å². The Balaban J connectivity index is 1.86. The number of nitrogens with one attached hydrogen (secondary N) is 2. The highest BCUT2D eigenvalue weighted by Crippen LogP contribution is 2.29. The maximum atomic E-state index is 12.6. The van der Waals surface area contributed by atoms with E-state index < -0.39 is 11.9 Å². The number of alkyl halides is 3. The lowest BCUT2D eigenvalue weighted by Crippen LogP contribution is -2.28. The SMILES string of the molecule is FC(F)(F)c1cnc(-c2cccc(N3CCCNCC3)n2)[nH]1. The van der Waals surface area contributed by atoms with Gasteiger partial charge in [-0.1, -0.05) is 6.07 Å². The van der Waals surface area contributed by atoms with E-state index in [1.807, 2.05) is 6.07 Å². The molecular weight excluding hydrogens is 295 g/mol. The largest absolute Gasteiger partial charge is 0.432 e. The standard InChI is InChI=1S/C14H16F3N5/c15-14(16,17)11-9-19-13(21-11)10-3-1-4-12(20-10)22-7-2-5-18-6-8-22/h1,3-4,9,18H,2,5-8H2,(H,19,21). The van der Waals surface area contributed by atoms with E-state index in [0.29, 0.717) is 5.69 Å². The van der Waals surface area contributed by atoms with Crippen molar-refractivity contribution in [3.8, 4) is 11.5 Å². The van der Waals surface area contributed by atoms with Gasteiger partial charge in [0.25, 0.3) is 0 Å². The minimum atomic E-state index is -4.43. The van der Waals surface area contributed by atoms with Crippen LogP contribution in [0.5, 0.6) is 0 Å². The summed E-state index contributed by atoms with van der Waals surface area (Å²) in [4.78, 5) is 12.6. The Kier molecular flexibility index (Phi) is 4.02. The number of aromatic amines is 1. The van der Waals surface area contributed by atoms with E-state index >= 15 is 0 Å². The maximum Gasteiger partial charge on any atom is 0.432 e. The van der Waals surface area contributed by atoms with Gasteiger partial charge < -0.3 is 15.2 Å². The van der Waals surface area contributed by atoms with Gasteiger partial charge in [0, 0.05) is 19.6 Å². The van der Waals surface area contributed by atoms with Crippen LogP contribution >= 0.6 is 0 Å². The van der Waals surface area contributed by atoms with Crippen molar-refractivity contribution in [2.24, 2.45) is 0 Å². The third-order valence-corrected chi connectivity index (χ3v) is 3.52. The molecule has 0 radical (unpaired) electrons. The molecule has 2 aromatic heterocycles. The Labute approximate surface area is 125 Å². The van der Waals surface area contributed by atoms with Gasteiger partial charge in [-0.25, -0.2) is 9.97 Å². The number of pyridine rings is 1. The normalized spacial score (nSPS) is 16.6. The summed E-state index contributed by atoms with van der Waals surface area (Å²) in [6.07, 6.45) is -2.64. The van der Waals surface area contributed by atoms with Gasteiger partial charge in [0.1, 0.15) is 17.2 Å². The van der Waals surface area contributed by atoms with Crippen LogP contribution in [0.3, 0.4) is 0 Å². The lowest BCUT2D eigenvalue weighted by molar-refractivity contribution is -0.140. The number of hydrogen-bond donors (Lipinski definition) is 2. The molecular formula is C14H16F3N5. The van der Waals surface area contributed by atoms with Gasteiger partial charge in [0.05, 0.1) is 6.20 Å². The van der Waals surface area contributed by atoms with Gasteiger partial charge in [-0.3, -0.25) is 0 Å². The first-order valence-corrected chi connectivity index (χ1v) is 7.09. The van der Waals surface area contributed by atoms with Crippen LogP contribution in [0.4, 0.5) is 19.0 Å². The second-order valence-electron chi connectivity index (χ2n) is 5.11. The first kappa shape index (κ1) is 14.8. The Morgan fingerprint density at radius 3 is 2.77 bits per heavy atom. The van der Waals surface area contributed by atoms with Crippen molar-refractivity contribution in [1.82, 2.24) is 20.3 Å². The molecule has 2 aromatic rings. The summed E-state index contributed by atoms with van der Waals surface area (Å²) in [6, 6.07) is 5.30. The molecule has 0 bridgehead atoms. The fraction of sp³-hybridized carbons (Fsp3) is 0.429. The molecule has 1 aliphatic heterocycles. The van der Waals surface area contributed by atoms with E-state index in [1.54, 1.807) is 12.1 Å². The summed E-state index contributed by atoms with van der Waals surface area (Å²) in [6.45, 7) is 3.52. The van der Waals surface area contributed by atoms with Crippen molar-refractivity contribution >= 4 is 5.82 Å². The van der Waals surface area contributed by atoms with Crippen molar-refractivity contribution in [2.75, 3.05) is 31.1 Å². The van der Waals surface area contributed by atoms with Gasteiger partial charge in [-0.05, 0) is 25.1 Å². The topological polar surface area (TPSA) is 56.8 Å². The first-order chi connectivity index (χ1) is 10.5. The van der Waals surface area contributed by atoms with Crippen LogP contribution in [0.15, 0.2) is 24.4 Å². The van der Waals surface area contributed by atoms with E-state index in [1.165, 1.54) is 0 Å². The van der Waals surface area contributed by atoms with Crippen LogP contribution in [0, 0.1) is 0 Å². The minimum absolute atomic E-state index is 0.127. The molecule has 0 aromatic carbocycles. The summed E-state index contributed by atoms with van der Waals surface area (Å²) in [5, 5.41) is 3.30. The first-order valence-electron chi connectivity index (χ1n) is 7.09. The zero-order valence-electron chi connectivity index (χ0n) is 11.8. The molecule has 118 valence electrons. The van der Waals surface area contributed by atoms with Crippen LogP contribution in [-0.2, 0) is 6.18 Å². The van der Waals surface area contributed by atoms with Crippen LogP contribution < -0.4 is 10.2 Å². The minimum Gasteiger partial charge on any atom is -0.355 e. The van der Waals surface area contributed by atoms with E-state index in [0.717, 1.165) is 44.6 Å². The number of rotatable bonds is 2. The molecule has 1 aliphatic rings. The Morgan fingerprint density at radius 2 is 2.00 bits per heavy atom. The van der Waals surface area contributed by atoms with Crippen molar-refractivity contribution in [2.45, 2.75) is 12.6 Å². The molecule has 0 amide bonds. The van der Waals surface area contributed by atoms with Crippen LogP contribution in [0.25, 0.3) is 11.5 Å². The van der Waals surface area contributed by atoms with Crippen molar-refractivity contribution < 1.29 is 13.2 Å². The third-order valence-electron chi connectivity index (χ3n) is 3.52. The lowest BCUT2D eigenvalue weighted by Gasteiger charge is -2.21. The number of H-pyrrole nitrogens is 1. The van der Waals surface area contributed by atoms with Gasteiger partial charge in [0.2, 0.25) is 0 Å². The quantitative estimate of drug-likeness (QED) is 0.893. The highest BCUT2D eigenvalue weighted by molar-refractivity contribution is 5.54. The number of hydrogen-bond acceptors (Lipinski definition) is 4. The molecule has 5 nitrogen and oxygen atoms in total. The number of nitrogens with zero attached hydrogens (tertiary/aromatic N) is 3. The molecule has 1 saturated heterocycles. The van der Waals surface area contributed by atoms with Gasteiger partial charge in [0.15, 0.2) is 5.82 Å². The van der Waals surface area contributed by atoms with Gasteiger partial charge in [-0.2, -0.15) is 13.2 Å². The summed E-state index contributed by atoms with van der Waals surface area (Å²) in [5.41, 5.74) is -0.459. The number of aromatic nitrogens is 3. The summed E-state index contributed by atoms with van der Waals surface area (Å²) < 4.78 is 37.9. The second-order valence-corrected chi connectivity index (χ2v) is 5.11. The molecule has 2 N–H and O–H groups in total. The monoisotopic (exact) mass is 311 g/mol. The fourth-order valence-corrected chi connectivity index (χ4v) is 2.40. The van der Waals surface area contributed by atoms with E-state index in [-0.39, 0.29) is 5.82 Å². The van der Waals surface area contributed by atoms with Crippen molar-refractivity contribution in [3.05, 3.63) is 30.1 Å². The maximum absolute atomic E-state index is 12.6. The molecule has 22 heavy (non-hydrogen) atoms. The van der Waals surface area contributed by atoms with Gasteiger partial charge in [-0.15, -0.1) is 0 Å². The Morgan fingerprint density at radius 1 is 1.14 bits per heavy atom. The van der Waals surface area contributed by atoms with Crippen molar-refractivity contribution in [3.63, 3.8) is 0 Å². The average Bonchev–Trinajstić information content (AvgIpc) is 2.84. The number of imidazole rings is 1. The Hall–Kier alpha value is -2.09. The number of halogens is 3. The summed E-state index contributed by atoms with van der Waals surface area (Å²) in [7, 11) is 0. The summed E-state index contributed by atoms with van der Waals surface area (Å²) >= 11 is 0. The summed E-state index contributed by atoms with van der Waals surface area (Å²) in [5.74, 6) is 0.883. The molecule has 0 spiro atoms. The average molecular weight is 311 g/mol. The molecule has 0 unspecified atom stereocenters. The highest BCUT2D eigenvalue weighted by atomic mass is 19.4. The smallest absolute Gasteiger partial charge is 0.355 e. The van der Waals surface area contributed by atoms with E-state index in [2.05, 4.69) is 25.2 Å². The zero-order chi connectivity index (χ0) is 15.6. The molecule has 0 atom stereocenters. The molecule has 0 aliphatic carbocycles. The zero-order valence-corrected chi connectivity index (χ0v) is 11.8. The predicted molar refractivity (Wildman–Crippen MR) is 76.5 cm³/mol. The van der Waals surface area contributed by atoms with Crippen LogP contribution in [0.2, 0.25) is 0 Å². The number of anilines is 1. The molecule has 3 heterocycles. The fourth-order valence-electron chi connectivity index (χ4n) is 2.40. The van der Waals surface area contributed by atoms with Crippen molar-refractivity contribution in [1.29, 1.82) is 0 Å². The molecule has 3 rings (SSSR count).